The number of carbonyl (C=O) groups is 1. The Morgan fingerprint density at radius 3 is 2.19 bits per heavy atom. The molecule has 1 heterocycles. The fourth-order valence-corrected chi connectivity index (χ4v) is 4.20. The number of nitrogens with one attached hydrogen (secondary N) is 1. The van der Waals surface area contributed by atoms with Crippen LogP contribution in [0.1, 0.15) is 21.5 Å². The normalized spacial score (nSPS) is 11.7. The van der Waals surface area contributed by atoms with Crippen LogP contribution < -0.4 is 9.86 Å². The lowest BCUT2D eigenvalue weighted by Gasteiger charge is -2.07. The monoisotopic (exact) mass is 534 g/mol. The van der Waals surface area contributed by atoms with Crippen LogP contribution in [0, 0.1) is 12.7 Å². The summed E-state index contributed by atoms with van der Waals surface area (Å²) in [6.07, 6.45) is 2.34. The molecule has 190 valence electrons. The van der Waals surface area contributed by atoms with Crippen LogP contribution in [0.25, 0.3) is 16.6 Å². The van der Waals surface area contributed by atoms with E-state index in [9.17, 15) is 31.1 Å². The number of aromatic carboxylic acids is 1. The van der Waals surface area contributed by atoms with Crippen molar-refractivity contribution in [1.29, 1.82) is 0 Å². The van der Waals surface area contributed by atoms with E-state index in [0.717, 1.165) is 23.4 Å². The van der Waals surface area contributed by atoms with Crippen LogP contribution in [0.3, 0.4) is 0 Å². The highest BCUT2D eigenvalue weighted by Gasteiger charge is 2.19. The first-order chi connectivity index (χ1) is 16.7. The molecule has 0 aliphatic carbocycles. The van der Waals surface area contributed by atoms with Crippen LogP contribution in [0.2, 0.25) is 0 Å². The Bertz CT molecular complexity index is 1620. The lowest BCUT2D eigenvalue weighted by atomic mass is 10.1. The lowest BCUT2D eigenvalue weighted by molar-refractivity contribution is 0.0698. The smallest absolute Gasteiger partial charge is 0.336 e. The average molecular weight is 535 g/mol. The van der Waals surface area contributed by atoms with Crippen LogP contribution in [0.4, 0.5) is 4.39 Å². The summed E-state index contributed by atoms with van der Waals surface area (Å²) >= 11 is 0. The zero-order valence-corrected chi connectivity index (χ0v) is 20.8. The van der Waals surface area contributed by atoms with Crippen molar-refractivity contribution in [2.45, 2.75) is 18.4 Å². The molecule has 0 amide bonds. The van der Waals surface area contributed by atoms with E-state index in [4.69, 9.17) is 5.14 Å². The van der Waals surface area contributed by atoms with Crippen molar-refractivity contribution in [3.63, 3.8) is 0 Å². The highest BCUT2D eigenvalue weighted by Crippen LogP contribution is 2.26. The van der Waals surface area contributed by atoms with Crippen LogP contribution in [-0.4, -0.2) is 43.9 Å². The Morgan fingerprint density at radius 2 is 1.67 bits per heavy atom. The second kappa shape index (κ2) is 10.5. The minimum atomic E-state index is -3.60. The topological polar surface area (TPSA) is 161 Å². The van der Waals surface area contributed by atoms with Gasteiger partial charge in [-0.2, -0.15) is 18.2 Å². The third-order valence-electron chi connectivity index (χ3n) is 4.99. The maximum Gasteiger partial charge on any atom is 0.336 e. The molecule has 13 heteroatoms. The second-order valence-electron chi connectivity index (χ2n) is 7.87. The number of aromatic nitrogens is 2. The first kappa shape index (κ1) is 26.9. The Balaban J connectivity index is 0.000000236. The number of carboxylic acid groups (broad SMARTS) is 1. The van der Waals surface area contributed by atoms with Crippen molar-refractivity contribution in [2.24, 2.45) is 5.14 Å². The van der Waals surface area contributed by atoms with Gasteiger partial charge in [-0.05, 0) is 48.9 Å². The van der Waals surface area contributed by atoms with Crippen molar-refractivity contribution >= 4 is 36.9 Å². The molecule has 10 nitrogen and oxygen atoms in total. The van der Waals surface area contributed by atoms with Gasteiger partial charge in [0.2, 0.25) is 0 Å². The Morgan fingerprint density at radius 1 is 1.06 bits per heavy atom. The molecule has 4 N–H and O–H groups in total. The molecule has 3 aromatic carbocycles. The van der Waals surface area contributed by atoms with Crippen LogP contribution in [0.5, 0.6) is 0 Å². The molecule has 1 aromatic heterocycles. The molecule has 36 heavy (non-hydrogen) atoms. The predicted molar refractivity (Wildman–Crippen MR) is 132 cm³/mol. The van der Waals surface area contributed by atoms with Gasteiger partial charge in [0, 0.05) is 18.2 Å². The van der Waals surface area contributed by atoms with Gasteiger partial charge in [0.1, 0.15) is 5.82 Å². The van der Waals surface area contributed by atoms with E-state index in [2.05, 4.69) is 9.82 Å². The third kappa shape index (κ3) is 6.95. The van der Waals surface area contributed by atoms with Crippen LogP contribution in [0.15, 0.2) is 71.8 Å². The van der Waals surface area contributed by atoms with E-state index < -0.39 is 31.8 Å². The van der Waals surface area contributed by atoms with E-state index in [1.54, 1.807) is 0 Å². The number of sulfone groups is 1. The van der Waals surface area contributed by atoms with E-state index in [-0.39, 0.29) is 17.0 Å². The predicted octanol–water partition coefficient (Wildman–Crippen LogP) is 2.55. The number of fused-ring (bicyclic) bond motifs is 1. The minimum Gasteiger partial charge on any atom is -0.478 e. The molecular formula is C23H23FN4O6S2. The number of benzene rings is 3. The number of rotatable bonds is 6. The zero-order valence-electron chi connectivity index (χ0n) is 19.2. The Kier molecular flexibility index (Phi) is 7.89. The van der Waals surface area contributed by atoms with Gasteiger partial charge in [-0.25, -0.2) is 27.4 Å². The van der Waals surface area contributed by atoms with E-state index >= 15 is 0 Å². The van der Waals surface area contributed by atoms with E-state index in [1.807, 2.05) is 31.2 Å². The van der Waals surface area contributed by atoms with Gasteiger partial charge in [0.05, 0.1) is 27.9 Å². The van der Waals surface area contributed by atoms with Gasteiger partial charge >= 0.3 is 5.97 Å². The SMILES string of the molecule is CS(=O)(=O)c1cc(C(=O)O)c2cnn(-c3ccc(F)cc3)c2c1.Cc1ccc(CNS(N)(=O)=O)cc1. The second-order valence-corrected chi connectivity index (χ2v) is 11.3. The number of nitrogens with zero attached hydrogens (tertiary/aromatic N) is 2. The fourth-order valence-electron chi connectivity index (χ4n) is 3.17. The standard InChI is InChI=1S/C15H11FN2O4S.C8H12N2O2S/c1-23(21,22)11-6-12(15(19)20)13-8-17-18(14(13)7-11)10-4-2-9(16)3-5-10;1-7-2-4-8(5-3-7)6-10-13(9,11)12/h2-8H,1H3,(H,19,20);2-5,10H,6H2,1H3,(H2,9,11,12). The van der Waals surface area contributed by atoms with E-state index in [0.29, 0.717) is 16.6 Å². The quantitative estimate of drug-likeness (QED) is 0.342. The molecule has 0 spiro atoms. The summed E-state index contributed by atoms with van der Waals surface area (Å²) in [6.45, 7) is 2.20. The zero-order chi connectivity index (χ0) is 26.7. The van der Waals surface area contributed by atoms with Crippen molar-refractivity contribution in [3.8, 4) is 5.69 Å². The van der Waals surface area contributed by atoms with Crippen molar-refractivity contribution < 1.29 is 31.1 Å². The molecule has 0 unspecified atom stereocenters. The average Bonchev–Trinajstić information content (AvgIpc) is 3.22. The van der Waals surface area contributed by atoms with Crippen molar-refractivity contribution in [2.75, 3.05) is 6.26 Å². The number of hydrogen-bond donors (Lipinski definition) is 3. The fraction of sp³-hybridized carbons (Fsp3) is 0.130. The number of carboxylic acids is 1. The number of aryl methyl sites for hydroxylation is 1. The van der Waals surface area contributed by atoms with Crippen molar-refractivity contribution in [1.82, 2.24) is 14.5 Å². The highest BCUT2D eigenvalue weighted by molar-refractivity contribution is 7.90. The number of hydrogen-bond acceptors (Lipinski definition) is 6. The molecule has 0 fully saturated rings. The summed E-state index contributed by atoms with van der Waals surface area (Å²) < 4.78 is 61.3. The maximum atomic E-state index is 13.0. The Labute approximate surface area is 207 Å². The van der Waals surface area contributed by atoms with Gasteiger partial charge in [-0.15, -0.1) is 0 Å². The lowest BCUT2D eigenvalue weighted by Crippen LogP contribution is -2.30. The highest BCUT2D eigenvalue weighted by atomic mass is 32.2. The Hall–Kier alpha value is -3.65. The van der Waals surface area contributed by atoms with Gasteiger partial charge in [-0.3, -0.25) is 0 Å². The molecular weight excluding hydrogens is 511 g/mol. The molecule has 0 saturated heterocycles. The first-order valence-corrected chi connectivity index (χ1v) is 13.7. The third-order valence-corrected chi connectivity index (χ3v) is 6.63. The maximum absolute atomic E-state index is 13.0. The van der Waals surface area contributed by atoms with Gasteiger partial charge in [0.15, 0.2) is 9.84 Å². The molecule has 0 saturated carbocycles. The summed E-state index contributed by atoms with van der Waals surface area (Å²) in [6, 6.07) is 15.4. The van der Waals surface area contributed by atoms with Crippen LogP contribution >= 0.6 is 0 Å². The summed E-state index contributed by atoms with van der Waals surface area (Å²) in [5.41, 5.74) is 2.68. The van der Waals surface area contributed by atoms with E-state index in [1.165, 1.54) is 41.2 Å². The summed E-state index contributed by atoms with van der Waals surface area (Å²) in [5.74, 6) is -1.67. The van der Waals surface area contributed by atoms with Crippen molar-refractivity contribution in [3.05, 3.63) is 89.4 Å². The molecule has 0 bridgehead atoms. The molecule has 0 aliphatic rings. The van der Waals surface area contributed by atoms with Gasteiger partial charge in [-0.1, -0.05) is 29.8 Å². The minimum absolute atomic E-state index is 0.119. The molecule has 0 radical (unpaired) electrons. The molecule has 4 aromatic rings. The van der Waals surface area contributed by atoms with Gasteiger partial charge in [0.25, 0.3) is 10.2 Å². The van der Waals surface area contributed by atoms with Gasteiger partial charge < -0.3 is 5.11 Å². The summed E-state index contributed by atoms with van der Waals surface area (Å²) in [5, 5.41) is 18.5. The first-order valence-electron chi connectivity index (χ1n) is 10.3. The molecule has 0 atom stereocenters. The summed E-state index contributed by atoms with van der Waals surface area (Å²) in [4.78, 5) is 11.3. The number of halogens is 1. The largest absolute Gasteiger partial charge is 0.478 e. The molecule has 4 rings (SSSR count). The van der Waals surface area contributed by atoms with Crippen LogP contribution in [-0.2, 0) is 26.6 Å². The number of nitrogens with two attached hydrogens (primary N) is 1. The summed E-state index contributed by atoms with van der Waals surface area (Å²) in [7, 11) is -7.18. The molecule has 0 aliphatic heterocycles.